The first-order valence-electron chi connectivity index (χ1n) is 6.72. The molecular weight excluding hydrogens is 290 g/mol. The van der Waals surface area contributed by atoms with E-state index in [1.165, 1.54) is 31.2 Å². The first-order valence-corrected chi connectivity index (χ1v) is 7.52. The molecule has 3 heteroatoms. The summed E-state index contributed by atoms with van der Waals surface area (Å²) in [5, 5.41) is 3.42. The minimum absolute atomic E-state index is 0.696. The second-order valence-electron chi connectivity index (χ2n) is 5.18. The molecule has 1 fully saturated rings. The van der Waals surface area contributed by atoms with E-state index < -0.39 is 0 Å². The Balaban J connectivity index is 2.06. The smallest absolute Gasteiger partial charge is 0.122 e. The maximum Gasteiger partial charge on any atom is 0.122 e. The fraction of sp³-hybridized carbons (Fsp3) is 0.600. The summed E-state index contributed by atoms with van der Waals surface area (Å²) >= 11 is 3.55. The molecule has 2 atom stereocenters. The Morgan fingerprint density at radius 2 is 2.22 bits per heavy atom. The van der Waals surface area contributed by atoms with Crippen molar-refractivity contribution in [3.8, 4) is 5.75 Å². The SMILES string of the molecule is CNC1CCCC(Cc2cc(Br)ccc2OC)C1. The van der Waals surface area contributed by atoms with Gasteiger partial charge in [-0.05, 0) is 56.0 Å². The second kappa shape index (κ2) is 6.58. The first kappa shape index (κ1) is 13.9. The van der Waals surface area contributed by atoms with E-state index in [4.69, 9.17) is 4.74 Å². The molecule has 1 aliphatic carbocycles. The largest absolute Gasteiger partial charge is 0.496 e. The van der Waals surface area contributed by atoms with Crippen LogP contribution in [0.5, 0.6) is 5.75 Å². The van der Waals surface area contributed by atoms with Crippen LogP contribution in [0, 0.1) is 5.92 Å². The third-order valence-electron chi connectivity index (χ3n) is 3.94. The summed E-state index contributed by atoms with van der Waals surface area (Å²) < 4.78 is 6.60. The molecule has 1 aromatic carbocycles. The molecule has 0 aromatic heterocycles. The predicted octanol–water partition coefficient (Wildman–Crippen LogP) is 3.78. The van der Waals surface area contributed by atoms with Crippen LogP contribution in [0.3, 0.4) is 0 Å². The van der Waals surface area contributed by atoms with E-state index in [2.05, 4.69) is 40.4 Å². The molecule has 0 bridgehead atoms. The van der Waals surface area contributed by atoms with Crippen molar-refractivity contribution in [1.29, 1.82) is 0 Å². The van der Waals surface area contributed by atoms with Crippen molar-refractivity contribution in [1.82, 2.24) is 5.32 Å². The first-order chi connectivity index (χ1) is 8.72. The molecule has 1 aromatic rings. The highest BCUT2D eigenvalue weighted by molar-refractivity contribution is 9.10. The Hall–Kier alpha value is -0.540. The van der Waals surface area contributed by atoms with E-state index in [-0.39, 0.29) is 0 Å². The molecule has 2 rings (SSSR count). The molecule has 0 saturated heterocycles. The van der Waals surface area contributed by atoms with Crippen LogP contribution in [-0.4, -0.2) is 20.2 Å². The molecule has 1 N–H and O–H groups in total. The molecule has 0 radical (unpaired) electrons. The highest BCUT2D eigenvalue weighted by Gasteiger charge is 2.22. The topological polar surface area (TPSA) is 21.3 Å². The summed E-state index contributed by atoms with van der Waals surface area (Å²) in [7, 11) is 3.83. The minimum Gasteiger partial charge on any atom is -0.496 e. The van der Waals surface area contributed by atoms with Crippen molar-refractivity contribution in [2.45, 2.75) is 38.1 Å². The maximum atomic E-state index is 5.46. The van der Waals surface area contributed by atoms with Gasteiger partial charge in [0.25, 0.3) is 0 Å². The lowest BCUT2D eigenvalue weighted by Gasteiger charge is -2.29. The van der Waals surface area contributed by atoms with Crippen LogP contribution in [0.15, 0.2) is 22.7 Å². The van der Waals surface area contributed by atoms with Crippen LogP contribution in [0.25, 0.3) is 0 Å². The van der Waals surface area contributed by atoms with Gasteiger partial charge in [-0.1, -0.05) is 28.8 Å². The van der Waals surface area contributed by atoms with Crippen molar-refractivity contribution in [2.24, 2.45) is 5.92 Å². The molecule has 0 amide bonds. The number of hydrogen-bond donors (Lipinski definition) is 1. The molecule has 18 heavy (non-hydrogen) atoms. The van der Waals surface area contributed by atoms with Crippen LogP contribution >= 0.6 is 15.9 Å². The van der Waals surface area contributed by atoms with Crippen molar-refractivity contribution < 1.29 is 4.74 Å². The quantitative estimate of drug-likeness (QED) is 0.913. The van der Waals surface area contributed by atoms with Crippen molar-refractivity contribution in [3.63, 3.8) is 0 Å². The second-order valence-corrected chi connectivity index (χ2v) is 6.09. The number of halogens is 1. The van der Waals surface area contributed by atoms with Crippen LogP contribution in [0.1, 0.15) is 31.2 Å². The van der Waals surface area contributed by atoms with Gasteiger partial charge >= 0.3 is 0 Å². The Kier molecular flexibility index (Phi) is 5.07. The zero-order chi connectivity index (χ0) is 13.0. The summed E-state index contributed by atoms with van der Waals surface area (Å²) in [6.07, 6.45) is 6.41. The Labute approximate surface area is 118 Å². The number of rotatable bonds is 4. The summed E-state index contributed by atoms with van der Waals surface area (Å²) in [6, 6.07) is 6.99. The van der Waals surface area contributed by atoms with Gasteiger partial charge in [-0.15, -0.1) is 0 Å². The fourth-order valence-electron chi connectivity index (χ4n) is 2.96. The predicted molar refractivity (Wildman–Crippen MR) is 79.2 cm³/mol. The van der Waals surface area contributed by atoms with Gasteiger partial charge in [0.05, 0.1) is 7.11 Å². The van der Waals surface area contributed by atoms with E-state index in [1.54, 1.807) is 7.11 Å². The molecule has 100 valence electrons. The molecular formula is C15H22BrNO. The van der Waals surface area contributed by atoms with Crippen LogP contribution in [0.4, 0.5) is 0 Å². The number of benzene rings is 1. The average Bonchev–Trinajstić information content (AvgIpc) is 2.39. The standard InChI is InChI=1S/C15H22BrNO/c1-17-14-5-3-4-11(9-14)8-12-10-13(16)6-7-15(12)18-2/h6-7,10-11,14,17H,3-5,8-9H2,1-2H3. The Morgan fingerprint density at radius 1 is 1.39 bits per heavy atom. The lowest BCUT2D eigenvalue weighted by Crippen LogP contribution is -2.32. The fourth-order valence-corrected chi connectivity index (χ4v) is 3.36. The van der Waals surface area contributed by atoms with Gasteiger partial charge in [0.1, 0.15) is 5.75 Å². The van der Waals surface area contributed by atoms with Crippen molar-refractivity contribution >= 4 is 15.9 Å². The number of ether oxygens (including phenoxy) is 1. The lowest BCUT2D eigenvalue weighted by atomic mass is 9.82. The van der Waals surface area contributed by atoms with Crippen LogP contribution < -0.4 is 10.1 Å². The van der Waals surface area contributed by atoms with Gasteiger partial charge in [-0.2, -0.15) is 0 Å². The Morgan fingerprint density at radius 3 is 2.94 bits per heavy atom. The number of hydrogen-bond acceptors (Lipinski definition) is 2. The van der Waals surface area contributed by atoms with E-state index in [1.807, 2.05) is 6.07 Å². The highest BCUT2D eigenvalue weighted by atomic mass is 79.9. The molecule has 0 heterocycles. The summed E-state index contributed by atoms with van der Waals surface area (Å²) in [5.74, 6) is 1.80. The zero-order valence-corrected chi connectivity index (χ0v) is 12.8. The van der Waals surface area contributed by atoms with E-state index in [0.717, 1.165) is 22.6 Å². The van der Waals surface area contributed by atoms with Crippen molar-refractivity contribution in [2.75, 3.05) is 14.2 Å². The summed E-state index contributed by atoms with van der Waals surface area (Å²) in [6.45, 7) is 0. The van der Waals surface area contributed by atoms with E-state index in [0.29, 0.717) is 6.04 Å². The molecule has 0 spiro atoms. The zero-order valence-electron chi connectivity index (χ0n) is 11.2. The normalized spacial score (nSPS) is 23.9. The van der Waals surface area contributed by atoms with Gasteiger partial charge in [0.2, 0.25) is 0 Å². The molecule has 1 aliphatic rings. The number of methoxy groups -OCH3 is 1. The van der Waals surface area contributed by atoms with Gasteiger partial charge in [0, 0.05) is 10.5 Å². The van der Waals surface area contributed by atoms with Crippen molar-refractivity contribution in [3.05, 3.63) is 28.2 Å². The molecule has 0 aliphatic heterocycles. The summed E-state index contributed by atoms with van der Waals surface area (Å²) in [4.78, 5) is 0. The molecule has 2 unspecified atom stereocenters. The molecule has 2 nitrogen and oxygen atoms in total. The van der Waals surface area contributed by atoms with Gasteiger partial charge in [0.15, 0.2) is 0 Å². The minimum atomic E-state index is 0.696. The average molecular weight is 312 g/mol. The van der Waals surface area contributed by atoms with Crippen LogP contribution in [0.2, 0.25) is 0 Å². The van der Waals surface area contributed by atoms with Gasteiger partial charge in [-0.25, -0.2) is 0 Å². The van der Waals surface area contributed by atoms with E-state index in [9.17, 15) is 0 Å². The highest BCUT2D eigenvalue weighted by Crippen LogP contribution is 2.31. The lowest BCUT2D eigenvalue weighted by molar-refractivity contribution is 0.291. The van der Waals surface area contributed by atoms with Crippen LogP contribution in [-0.2, 0) is 6.42 Å². The maximum absolute atomic E-state index is 5.46. The summed E-state index contributed by atoms with van der Waals surface area (Å²) in [5.41, 5.74) is 1.33. The number of nitrogens with one attached hydrogen (secondary N) is 1. The Bertz CT molecular complexity index is 394. The molecule has 1 saturated carbocycles. The van der Waals surface area contributed by atoms with Gasteiger partial charge in [-0.3, -0.25) is 0 Å². The van der Waals surface area contributed by atoms with Gasteiger partial charge < -0.3 is 10.1 Å². The third-order valence-corrected chi connectivity index (χ3v) is 4.44. The monoisotopic (exact) mass is 311 g/mol. The van der Waals surface area contributed by atoms with E-state index >= 15 is 0 Å². The third kappa shape index (κ3) is 3.48.